The summed E-state index contributed by atoms with van der Waals surface area (Å²) in [5.41, 5.74) is 4.06. The summed E-state index contributed by atoms with van der Waals surface area (Å²) in [6, 6.07) is 10.1. The van der Waals surface area contributed by atoms with Crippen LogP contribution < -0.4 is 5.32 Å². The third-order valence-electron chi connectivity index (χ3n) is 4.42. The summed E-state index contributed by atoms with van der Waals surface area (Å²) in [6.45, 7) is 8.70. The topological polar surface area (TPSA) is 45.2 Å². The first-order valence-electron chi connectivity index (χ1n) is 9.20. The summed E-state index contributed by atoms with van der Waals surface area (Å²) in [4.78, 5) is 20.6. The molecule has 7 heteroatoms. The van der Waals surface area contributed by atoms with Crippen molar-refractivity contribution in [1.29, 1.82) is 0 Å². The molecular formula is C21H24ClN3OS2. The number of amides is 1. The van der Waals surface area contributed by atoms with Gasteiger partial charge in [0.2, 0.25) is 5.91 Å². The van der Waals surface area contributed by atoms with Crippen molar-refractivity contribution in [3.8, 4) is 0 Å². The summed E-state index contributed by atoms with van der Waals surface area (Å²) >= 11 is 9.18. The predicted molar refractivity (Wildman–Crippen MR) is 119 cm³/mol. The fraction of sp³-hybridized carbons (Fsp3) is 0.333. The van der Waals surface area contributed by atoms with Gasteiger partial charge in [-0.05, 0) is 49.7 Å². The number of thiazole rings is 1. The highest BCUT2D eigenvalue weighted by atomic mass is 35.5. The lowest BCUT2D eigenvalue weighted by atomic mass is 10.1. The van der Waals surface area contributed by atoms with Crippen LogP contribution in [-0.2, 0) is 24.3 Å². The Morgan fingerprint density at radius 3 is 2.75 bits per heavy atom. The number of carbonyl (C=O) groups excluding carboxylic acids is 1. The van der Waals surface area contributed by atoms with E-state index in [9.17, 15) is 4.79 Å². The van der Waals surface area contributed by atoms with E-state index in [4.69, 9.17) is 11.6 Å². The van der Waals surface area contributed by atoms with E-state index in [1.165, 1.54) is 4.88 Å². The molecular weight excluding hydrogens is 410 g/mol. The maximum atomic E-state index is 12.4. The van der Waals surface area contributed by atoms with E-state index in [0.717, 1.165) is 51.5 Å². The second kappa shape index (κ2) is 9.65. The zero-order valence-corrected chi connectivity index (χ0v) is 18.7. The molecule has 148 valence electrons. The summed E-state index contributed by atoms with van der Waals surface area (Å²) in [7, 11) is 0. The van der Waals surface area contributed by atoms with E-state index in [2.05, 4.69) is 28.2 Å². The molecule has 0 bridgehead atoms. The van der Waals surface area contributed by atoms with Crippen LogP contribution in [0.3, 0.4) is 0 Å². The minimum atomic E-state index is -0.0322. The standard InChI is InChI=1S/C21H24ClN3OS2/c1-4-25(12-17-7-8-19(22)28-17)11-16-13-27-21(23-16)10-20(26)24-18-9-14(2)5-6-15(18)3/h5-9,13H,4,10-12H2,1-3H3,(H,24,26). The fourth-order valence-corrected chi connectivity index (χ4v) is 4.78. The van der Waals surface area contributed by atoms with E-state index < -0.39 is 0 Å². The molecule has 3 rings (SSSR count). The van der Waals surface area contributed by atoms with Gasteiger partial charge in [0, 0.05) is 29.0 Å². The Morgan fingerprint density at radius 1 is 1.21 bits per heavy atom. The number of halogens is 1. The molecule has 0 spiro atoms. The molecule has 0 aliphatic heterocycles. The number of hydrogen-bond donors (Lipinski definition) is 1. The van der Waals surface area contributed by atoms with Crippen molar-refractivity contribution in [2.45, 2.75) is 40.3 Å². The molecule has 0 saturated heterocycles. The molecule has 1 N–H and O–H groups in total. The number of carbonyl (C=O) groups is 1. The van der Waals surface area contributed by atoms with Crippen LogP contribution in [-0.4, -0.2) is 22.3 Å². The van der Waals surface area contributed by atoms with Gasteiger partial charge in [-0.2, -0.15) is 0 Å². The van der Waals surface area contributed by atoms with Gasteiger partial charge in [0.15, 0.2) is 0 Å². The number of nitrogens with zero attached hydrogens (tertiary/aromatic N) is 2. The van der Waals surface area contributed by atoms with Crippen LogP contribution in [0.25, 0.3) is 0 Å². The molecule has 2 aromatic heterocycles. The number of aryl methyl sites for hydroxylation is 2. The summed E-state index contributed by atoms with van der Waals surface area (Å²) in [6.07, 6.45) is 0.296. The highest BCUT2D eigenvalue weighted by Crippen LogP contribution is 2.23. The number of anilines is 1. The van der Waals surface area contributed by atoms with E-state index in [-0.39, 0.29) is 5.91 Å². The van der Waals surface area contributed by atoms with Crippen molar-refractivity contribution in [3.63, 3.8) is 0 Å². The lowest BCUT2D eigenvalue weighted by molar-refractivity contribution is -0.115. The fourth-order valence-electron chi connectivity index (χ4n) is 2.87. The SMILES string of the molecule is CCN(Cc1csc(CC(=O)Nc2cc(C)ccc2C)n1)Cc1ccc(Cl)s1. The Balaban J connectivity index is 1.57. The van der Waals surface area contributed by atoms with E-state index >= 15 is 0 Å². The minimum absolute atomic E-state index is 0.0322. The Hall–Kier alpha value is -1.73. The van der Waals surface area contributed by atoms with Crippen LogP contribution in [0.2, 0.25) is 4.34 Å². The molecule has 0 unspecified atom stereocenters. The number of aromatic nitrogens is 1. The van der Waals surface area contributed by atoms with Crippen LogP contribution in [0.5, 0.6) is 0 Å². The van der Waals surface area contributed by atoms with Gasteiger partial charge in [-0.15, -0.1) is 22.7 Å². The smallest absolute Gasteiger partial charge is 0.231 e. The molecule has 0 saturated carbocycles. The Labute approximate surface area is 179 Å². The van der Waals surface area contributed by atoms with Gasteiger partial charge < -0.3 is 5.32 Å². The maximum Gasteiger partial charge on any atom is 0.231 e. The van der Waals surface area contributed by atoms with Crippen LogP contribution in [0, 0.1) is 13.8 Å². The van der Waals surface area contributed by atoms with Crippen LogP contribution in [0.4, 0.5) is 5.69 Å². The van der Waals surface area contributed by atoms with Crippen molar-refractivity contribution in [3.05, 3.63) is 66.8 Å². The zero-order chi connectivity index (χ0) is 20.1. The lowest BCUT2D eigenvalue weighted by Crippen LogP contribution is -2.22. The van der Waals surface area contributed by atoms with Crippen LogP contribution in [0.15, 0.2) is 35.7 Å². The van der Waals surface area contributed by atoms with Crippen LogP contribution >= 0.6 is 34.3 Å². The number of hydrogen-bond acceptors (Lipinski definition) is 5. The van der Waals surface area contributed by atoms with Gasteiger partial charge in [-0.1, -0.05) is 30.7 Å². The maximum absolute atomic E-state index is 12.4. The highest BCUT2D eigenvalue weighted by molar-refractivity contribution is 7.16. The van der Waals surface area contributed by atoms with Crippen molar-refractivity contribution < 1.29 is 4.79 Å². The summed E-state index contributed by atoms with van der Waals surface area (Å²) in [5.74, 6) is -0.0322. The van der Waals surface area contributed by atoms with Crippen molar-refractivity contribution in [2.24, 2.45) is 0 Å². The normalized spacial score (nSPS) is 11.2. The van der Waals surface area contributed by atoms with E-state index in [1.54, 1.807) is 22.7 Å². The van der Waals surface area contributed by atoms with Crippen molar-refractivity contribution >= 4 is 45.9 Å². The first-order valence-corrected chi connectivity index (χ1v) is 11.3. The zero-order valence-electron chi connectivity index (χ0n) is 16.3. The molecule has 1 aromatic carbocycles. The molecule has 2 heterocycles. The average Bonchev–Trinajstić information content (AvgIpc) is 3.26. The van der Waals surface area contributed by atoms with E-state index in [1.807, 2.05) is 43.5 Å². The summed E-state index contributed by atoms with van der Waals surface area (Å²) < 4.78 is 0.817. The number of thiophene rings is 1. The minimum Gasteiger partial charge on any atom is -0.325 e. The molecule has 0 radical (unpaired) electrons. The first-order chi connectivity index (χ1) is 13.4. The predicted octanol–water partition coefficient (Wildman–Crippen LogP) is 5.68. The molecule has 4 nitrogen and oxygen atoms in total. The number of benzene rings is 1. The second-order valence-corrected chi connectivity index (χ2v) is 9.53. The monoisotopic (exact) mass is 433 g/mol. The molecule has 3 aromatic rings. The number of nitrogens with one attached hydrogen (secondary N) is 1. The van der Waals surface area contributed by atoms with Crippen molar-refractivity contribution in [1.82, 2.24) is 9.88 Å². The van der Waals surface area contributed by atoms with Gasteiger partial charge in [-0.3, -0.25) is 9.69 Å². The van der Waals surface area contributed by atoms with E-state index in [0.29, 0.717) is 6.42 Å². The van der Waals surface area contributed by atoms with Crippen LogP contribution in [0.1, 0.15) is 33.6 Å². The molecule has 1 amide bonds. The molecule has 0 atom stereocenters. The van der Waals surface area contributed by atoms with Crippen molar-refractivity contribution in [2.75, 3.05) is 11.9 Å². The highest BCUT2D eigenvalue weighted by Gasteiger charge is 2.12. The molecule has 0 aliphatic rings. The van der Waals surface area contributed by atoms with Gasteiger partial charge in [-0.25, -0.2) is 4.98 Å². The third-order valence-corrected chi connectivity index (χ3v) is 6.53. The Kier molecular flexibility index (Phi) is 7.24. The largest absolute Gasteiger partial charge is 0.325 e. The van der Waals surface area contributed by atoms with Gasteiger partial charge in [0.05, 0.1) is 16.5 Å². The average molecular weight is 434 g/mol. The van der Waals surface area contributed by atoms with Gasteiger partial charge in [0.25, 0.3) is 0 Å². The van der Waals surface area contributed by atoms with Gasteiger partial charge >= 0.3 is 0 Å². The first kappa shape index (κ1) is 21.0. The lowest BCUT2D eigenvalue weighted by Gasteiger charge is -2.18. The third kappa shape index (κ3) is 5.88. The Morgan fingerprint density at radius 2 is 2.04 bits per heavy atom. The quantitative estimate of drug-likeness (QED) is 0.497. The molecule has 0 aliphatic carbocycles. The Bertz CT molecular complexity index is 951. The molecule has 0 fully saturated rings. The number of rotatable bonds is 8. The second-order valence-electron chi connectivity index (χ2n) is 6.79. The van der Waals surface area contributed by atoms with Gasteiger partial charge in [0.1, 0.15) is 5.01 Å². The summed E-state index contributed by atoms with van der Waals surface area (Å²) in [5, 5.41) is 5.89. The molecule has 28 heavy (non-hydrogen) atoms.